The Morgan fingerprint density at radius 1 is 1.38 bits per heavy atom. The SMILES string of the molecule is CN=C(NCC(C)(C)S(C)(=O)=O)N1CCOC(c2ccc(C)cc2C)C1. The van der Waals surface area contributed by atoms with E-state index in [1.165, 1.54) is 22.9 Å². The van der Waals surface area contributed by atoms with Crippen molar-refractivity contribution in [2.45, 2.75) is 38.5 Å². The molecule has 0 spiro atoms. The first-order valence-electron chi connectivity index (χ1n) is 8.89. The average molecular weight is 382 g/mol. The van der Waals surface area contributed by atoms with Crippen molar-refractivity contribution in [1.29, 1.82) is 0 Å². The van der Waals surface area contributed by atoms with Crippen LogP contribution in [0.3, 0.4) is 0 Å². The van der Waals surface area contributed by atoms with E-state index in [1.54, 1.807) is 20.9 Å². The molecule has 1 N–H and O–H groups in total. The van der Waals surface area contributed by atoms with Crippen molar-refractivity contribution in [1.82, 2.24) is 10.2 Å². The van der Waals surface area contributed by atoms with Gasteiger partial charge in [-0.1, -0.05) is 23.8 Å². The van der Waals surface area contributed by atoms with Gasteiger partial charge in [0.15, 0.2) is 15.8 Å². The minimum absolute atomic E-state index is 0.0224. The summed E-state index contributed by atoms with van der Waals surface area (Å²) in [6, 6.07) is 6.40. The predicted octanol–water partition coefficient (Wildman–Crippen LogP) is 2.08. The normalized spacial score (nSPS) is 19.5. The summed E-state index contributed by atoms with van der Waals surface area (Å²) in [5.74, 6) is 0.708. The monoisotopic (exact) mass is 381 g/mol. The number of rotatable bonds is 4. The molecule has 1 aliphatic heterocycles. The number of sulfone groups is 1. The number of benzene rings is 1. The number of nitrogens with zero attached hydrogens (tertiary/aromatic N) is 2. The second kappa shape index (κ2) is 7.96. The molecule has 1 unspecified atom stereocenters. The van der Waals surface area contributed by atoms with Gasteiger partial charge < -0.3 is 15.0 Å². The van der Waals surface area contributed by atoms with Crippen LogP contribution in [-0.4, -0.2) is 63.6 Å². The summed E-state index contributed by atoms with van der Waals surface area (Å²) >= 11 is 0. The largest absolute Gasteiger partial charge is 0.370 e. The van der Waals surface area contributed by atoms with Gasteiger partial charge in [0.2, 0.25) is 0 Å². The molecule has 7 heteroatoms. The van der Waals surface area contributed by atoms with Crippen LogP contribution in [-0.2, 0) is 14.6 Å². The molecule has 26 heavy (non-hydrogen) atoms. The first-order valence-corrected chi connectivity index (χ1v) is 10.8. The first-order chi connectivity index (χ1) is 12.0. The van der Waals surface area contributed by atoms with E-state index in [9.17, 15) is 8.42 Å². The Hall–Kier alpha value is -1.60. The van der Waals surface area contributed by atoms with Crippen LogP contribution < -0.4 is 5.32 Å². The van der Waals surface area contributed by atoms with Crippen molar-refractivity contribution in [3.63, 3.8) is 0 Å². The minimum Gasteiger partial charge on any atom is -0.370 e. The molecule has 0 aromatic heterocycles. The molecule has 0 aliphatic carbocycles. The lowest BCUT2D eigenvalue weighted by Gasteiger charge is -2.36. The van der Waals surface area contributed by atoms with Crippen molar-refractivity contribution >= 4 is 15.8 Å². The van der Waals surface area contributed by atoms with Crippen LogP contribution in [0, 0.1) is 13.8 Å². The summed E-state index contributed by atoms with van der Waals surface area (Å²) in [4.78, 5) is 6.47. The predicted molar refractivity (Wildman–Crippen MR) is 106 cm³/mol. The van der Waals surface area contributed by atoms with E-state index in [2.05, 4.69) is 47.3 Å². The van der Waals surface area contributed by atoms with E-state index in [4.69, 9.17) is 4.74 Å². The molecule has 1 saturated heterocycles. The van der Waals surface area contributed by atoms with E-state index in [0.29, 0.717) is 25.7 Å². The first kappa shape index (κ1) is 20.7. The van der Waals surface area contributed by atoms with Crippen LogP contribution in [0.25, 0.3) is 0 Å². The smallest absolute Gasteiger partial charge is 0.193 e. The summed E-state index contributed by atoms with van der Waals surface area (Å²) in [5.41, 5.74) is 3.64. The van der Waals surface area contributed by atoms with Gasteiger partial charge in [0, 0.05) is 26.4 Å². The van der Waals surface area contributed by atoms with Gasteiger partial charge in [0.25, 0.3) is 0 Å². The molecule has 146 valence electrons. The summed E-state index contributed by atoms with van der Waals surface area (Å²) in [6.07, 6.45) is 1.24. The number of hydrogen-bond acceptors (Lipinski definition) is 4. The molecule has 1 heterocycles. The summed E-state index contributed by atoms with van der Waals surface area (Å²) in [5, 5.41) is 3.22. The number of aliphatic imine (C=N–C) groups is 1. The third-order valence-electron chi connectivity index (χ3n) is 5.03. The Bertz CT molecular complexity index is 772. The quantitative estimate of drug-likeness (QED) is 0.639. The van der Waals surface area contributed by atoms with Gasteiger partial charge in [0.1, 0.15) is 6.10 Å². The van der Waals surface area contributed by atoms with Crippen LogP contribution >= 0.6 is 0 Å². The molecule has 0 amide bonds. The van der Waals surface area contributed by atoms with Gasteiger partial charge in [-0.2, -0.15) is 0 Å². The molecule has 1 aromatic rings. The topological polar surface area (TPSA) is 71.0 Å². The number of ether oxygens (including phenoxy) is 1. The number of hydrogen-bond donors (Lipinski definition) is 1. The molecule has 1 aliphatic rings. The van der Waals surface area contributed by atoms with E-state index in [1.807, 2.05) is 0 Å². The summed E-state index contributed by atoms with van der Waals surface area (Å²) in [6.45, 7) is 9.95. The van der Waals surface area contributed by atoms with Crippen LogP contribution in [0.4, 0.5) is 0 Å². The molecule has 0 saturated carbocycles. The van der Waals surface area contributed by atoms with Gasteiger partial charge in [-0.25, -0.2) is 8.42 Å². The highest BCUT2D eigenvalue weighted by molar-refractivity contribution is 7.92. The van der Waals surface area contributed by atoms with Crippen LogP contribution in [0.2, 0.25) is 0 Å². The fourth-order valence-corrected chi connectivity index (χ4v) is 3.31. The van der Waals surface area contributed by atoms with E-state index >= 15 is 0 Å². The van der Waals surface area contributed by atoms with E-state index < -0.39 is 14.6 Å². The van der Waals surface area contributed by atoms with E-state index in [-0.39, 0.29) is 6.10 Å². The summed E-state index contributed by atoms with van der Waals surface area (Å²) in [7, 11) is -1.44. The van der Waals surface area contributed by atoms with Crippen molar-refractivity contribution in [3.05, 3.63) is 34.9 Å². The number of aryl methyl sites for hydroxylation is 2. The average Bonchev–Trinajstić information content (AvgIpc) is 2.54. The van der Waals surface area contributed by atoms with Gasteiger partial charge in [0.05, 0.1) is 17.9 Å². The zero-order valence-electron chi connectivity index (χ0n) is 16.7. The maximum atomic E-state index is 11.9. The molecule has 1 atom stereocenters. The summed E-state index contributed by atoms with van der Waals surface area (Å²) < 4.78 is 29.0. The van der Waals surface area contributed by atoms with Crippen LogP contribution in [0.5, 0.6) is 0 Å². The Morgan fingerprint density at radius 2 is 2.08 bits per heavy atom. The van der Waals surface area contributed by atoms with E-state index in [0.717, 1.165) is 6.54 Å². The molecular formula is C19H31N3O3S. The lowest BCUT2D eigenvalue weighted by atomic mass is 10.00. The van der Waals surface area contributed by atoms with Crippen molar-refractivity contribution < 1.29 is 13.2 Å². The Morgan fingerprint density at radius 3 is 2.65 bits per heavy atom. The van der Waals surface area contributed by atoms with Crippen LogP contribution in [0.15, 0.2) is 23.2 Å². The van der Waals surface area contributed by atoms with Crippen molar-refractivity contribution in [2.24, 2.45) is 4.99 Å². The molecule has 2 rings (SSSR count). The maximum Gasteiger partial charge on any atom is 0.193 e. The minimum atomic E-state index is -3.16. The molecular weight excluding hydrogens is 350 g/mol. The highest BCUT2D eigenvalue weighted by Crippen LogP contribution is 2.26. The molecule has 0 radical (unpaired) electrons. The molecule has 1 aromatic carbocycles. The van der Waals surface area contributed by atoms with Crippen LogP contribution in [0.1, 0.15) is 36.6 Å². The highest BCUT2D eigenvalue weighted by atomic mass is 32.2. The molecule has 0 bridgehead atoms. The number of nitrogens with one attached hydrogen (secondary N) is 1. The van der Waals surface area contributed by atoms with Gasteiger partial charge in [-0.05, 0) is 38.8 Å². The highest BCUT2D eigenvalue weighted by Gasteiger charge is 2.31. The Labute approximate surface area is 157 Å². The maximum absolute atomic E-state index is 11.9. The zero-order valence-corrected chi connectivity index (χ0v) is 17.5. The fraction of sp³-hybridized carbons (Fsp3) is 0.632. The number of guanidine groups is 1. The van der Waals surface area contributed by atoms with Crippen molar-refractivity contribution in [2.75, 3.05) is 39.5 Å². The molecule has 6 nitrogen and oxygen atoms in total. The van der Waals surface area contributed by atoms with Crippen molar-refractivity contribution in [3.8, 4) is 0 Å². The lowest BCUT2D eigenvalue weighted by Crippen LogP contribution is -2.52. The van der Waals surface area contributed by atoms with Gasteiger partial charge in [-0.15, -0.1) is 0 Å². The van der Waals surface area contributed by atoms with Gasteiger partial charge >= 0.3 is 0 Å². The third-order valence-corrected chi connectivity index (χ3v) is 7.18. The second-order valence-electron chi connectivity index (χ2n) is 7.60. The zero-order chi connectivity index (χ0) is 19.5. The second-order valence-corrected chi connectivity index (χ2v) is 10.2. The Kier molecular flexibility index (Phi) is 6.34. The fourth-order valence-electron chi connectivity index (χ4n) is 2.97. The van der Waals surface area contributed by atoms with Gasteiger partial charge in [-0.3, -0.25) is 4.99 Å². The Balaban J connectivity index is 2.09. The number of morpholine rings is 1. The third kappa shape index (κ3) is 4.76. The standard InChI is InChI=1S/C19H31N3O3S/c1-14-7-8-16(15(2)11-14)17-12-22(9-10-25-17)18(20-5)21-13-19(3,4)26(6,23)24/h7-8,11,17H,9-10,12-13H2,1-6H3,(H,20,21). The lowest BCUT2D eigenvalue weighted by molar-refractivity contribution is -0.00833. The molecule has 1 fully saturated rings.